The highest BCUT2D eigenvalue weighted by Crippen LogP contribution is 2.50. The highest BCUT2D eigenvalue weighted by Gasteiger charge is 2.52. The quantitative estimate of drug-likeness (QED) is 0.265. The number of aliphatic imine (C=N–C) groups is 1. The molecule has 2 aromatic carbocycles. The molecule has 1 fully saturated rings. The second kappa shape index (κ2) is 13.5. The lowest BCUT2D eigenvalue weighted by Crippen LogP contribution is -2.51. The van der Waals surface area contributed by atoms with Crippen LogP contribution in [0.3, 0.4) is 0 Å². The van der Waals surface area contributed by atoms with Crippen molar-refractivity contribution in [1.29, 1.82) is 0 Å². The molecule has 11 nitrogen and oxygen atoms in total. The van der Waals surface area contributed by atoms with Gasteiger partial charge in [-0.3, -0.25) is 14.6 Å². The summed E-state index contributed by atoms with van der Waals surface area (Å²) in [6.45, 7) is 15.2. The van der Waals surface area contributed by atoms with Gasteiger partial charge < -0.3 is 10.2 Å². The van der Waals surface area contributed by atoms with Crippen LogP contribution in [0.4, 0.5) is 0 Å². The average molecular weight is 676 g/mol. The molecule has 2 N–H and O–H groups in total. The van der Waals surface area contributed by atoms with Crippen LogP contribution in [0.2, 0.25) is 0 Å². The summed E-state index contributed by atoms with van der Waals surface area (Å²) in [6.07, 6.45) is 4.86. The first-order valence-corrected chi connectivity index (χ1v) is 18.6. The molecule has 0 unspecified atom stereocenters. The molecule has 1 aliphatic heterocycles. The summed E-state index contributed by atoms with van der Waals surface area (Å²) < 4.78 is 25.6. The van der Waals surface area contributed by atoms with E-state index in [2.05, 4.69) is 67.5 Å². The molecule has 258 valence electrons. The van der Waals surface area contributed by atoms with Crippen molar-refractivity contribution in [2.24, 2.45) is 21.7 Å². The Morgan fingerprint density at radius 2 is 1.75 bits per heavy atom. The SMILES string of the molecule is CCS(=O)(=O)c1cccc(C2=NC3(CCC(C(C)(C)C)CC3)N([C@H](CCC(C)(C)C)c3ccc(C(=O)NCc4nn[nH]n4)cc3)C2=O)c1. The van der Waals surface area contributed by atoms with Gasteiger partial charge in [0.05, 0.1) is 23.2 Å². The van der Waals surface area contributed by atoms with Gasteiger partial charge in [0, 0.05) is 11.1 Å². The van der Waals surface area contributed by atoms with Crippen molar-refractivity contribution in [2.75, 3.05) is 5.75 Å². The predicted octanol–water partition coefficient (Wildman–Crippen LogP) is 6.05. The molecule has 48 heavy (non-hydrogen) atoms. The molecule has 0 saturated heterocycles. The fourth-order valence-corrected chi connectivity index (χ4v) is 7.85. The zero-order valence-corrected chi connectivity index (χ0v) is 30.0. The van der Waals surface area contributed by atoms with Gasteiger partial charge in [-0.15, -0.1) is 10.2 Å². The Labute approximate surface area is 284 Å². The van der Waals surface area contributed by atoms with Crippen LogP contribution in [0.15, 0.2) is 58.4 Å². The fourth-order valence-electron chi connectivity index (χ4n) is 6.92. The van der Waals surface area contributed by atoms with Crippen LogP contribution in [0.25, 0.3) is 0 Å². The van der Waals surface area contributed by atoms with E-state index in [1.54, 1.807) is 43.3 Å². The maximum Gasteiger partial charge on any atom is 0.275 e. The second-order valence-corrected chi connectivity index (χ2v) is 17.7. The number of aromatic amines is 1. The highest BCUT2D eigenvalue weighted by atomic mass is 32.2. The first-order valence-electron chi connectivity index (χ1n) is 16.9. The van der Waals surface area contributed by atoms with Crippen molar-refractivity contribution in [3.05, 3.63) is 71.0 Å². The largest absolute Gasteiger partial charge is 0.345 e. The van der Waals surface area contributed by atoms with Crippen molar-refractivity contribution < 1.29 is 18.0 Å². The monoisotopic (exact) mass is 675 g/mol. The van der Waals surface area contributed by atoms with Crippen molar-refractivity contribution in [3.63, 3.8) is 0 Å². The van der Waals surface area contributed by atoms with E-state index in [9.17, 15) is 18.0 Å². The number of aromatic nitrogens is 4. The van der Waals surface area contributed by atoms with Crippen LogP contribution in [0, 0.1) is 16.7 Å². The van der Waals surface area contributed by atoms with Gasteiger partial charge in [0.2, 0.25) is 0 Å². The molecule has 0 bridgehead atoms. The number of H-pyrrole nitrogens is 1. The first kappa shape index (κ1) is 35.4. The van der Waals surface area contributed by atoms with E-state index in [1.807, 2.05) is 17.0 Å². The number of nitrogens with one attached hydrogen (secondary N) is 2. The van der Waals surface area contributed by atoms with E-state index in [0.717, 1.165) is 37.7 Å². The summed E-state index contributed by atoms with van der Waals surface area (Å²) in [5.74, 6) is 0.405. The molecule has 1 aromatic heterocycles. The standard InChI is InChI=1S/C36H49N7O4S/c1-8-48(46,47)28-11-9-10-26(22-28)31-33(45)43(36(38-31)20-16-27(17-21-36)35(5,6)7)29(18-19-34(2,3)4)24-12-14-25(15-13-24)32(44)37-23-30-39-41-42-40-30/h9-15,22,27,29H,8,16-21,23H2,1-7H3,(H,37,44)(H,39,40,41,42)/t27?,29-,36?/m1/s1. The summed E-state index contributed by atoms with van der Waals surface area (Å²) in [7, 11) is -3.47. The number of benzene rings is 2. The summed E-state index contributed by atoms with van der Waals surface area (Å²) in [6, 6.07) is 13.8. The number of rotatable bonds is 10. The number of hydrogen-bond donors (Lipinski definition) is 2. The molecule has 3 aromatic rings. The van der Waals surface area contributed by atoms with E-state index in [1.165, 1.54) is 0 Å². The fraction of sp³-hybridized carbons (Fsp3) is 0.556. The number of carbonyl (C=O) groups is 2. The molecule has 1 spiro atoms. The Hall–Kier alpha value is -3.93. The smallest absolute Gasteiger partial charge is 0.275 e. The van der Waals surface area contributed by atoms with Gasteiger partial charge in [0.15, 0.2) is 15.7 Å². The molecule has 1 saturated carbocycles. The van der Waals surface area contributed by atoms with Gasteiger partial charge in [0.25, 0.3) is 11.8 Å². The summed E-state index contributed by atoms with van der Waals surface area (Å²) in [4.78, 5) is 35.2. The van der Waals surface area contributed by atoms with E-state index >= 15 is 0 Å². The third kappa shape index (κ3) is 7.69. The number of sulfone groups is 1. The van der Waals surface area contributed by atoms with E-state index in [0.29, 0.717) is 35.0 Å². The molecule has 2 heterocycles. The minimum Gasteiger partial charge on any atom is -0.345 e. The number of nitrogens with zero attached hydrogens (tertiary/aromatic N) is 5. The Kier molecular flexibility index (Phi) is 9.97. The molecule has 12 heteroatoms. The van der Waals surface area contributed by atoms with Gasteiger partial charge in [-0.1, -0.05) is 77.9 Å². The van der Waals surface area contributed by atoms with Crippen molar-refractivity contribution in [3.8, 4) is 0 Å². The summed E-state index contributed by atoms with van der Waals surface area (Å²) in [5.41, 5.74) is 1.65. The minimum absolute atomic E-state index is 0.0135. The van der Waals surface area contributed by atoms with Gasteiger partial charge in [-0.05, 0) is 85.1 Å². The second-order valence-electron chi connectivity index (χ2n) is 15.4. The molecule has 1 aliphatic carbocycles. The number of amides is 2. The molecule has 1 atom stereocenters. The zero-order chi connectivity index (χ0) is 34.9. The van der Waals surface area contributed by atoms with Crippen LogP contribution in [0.1, 0.15) is 120 Å². The lowest BCUT2D eigenvalue weighted by Gasteiger charge is -2.47. The number of tetrazole rings is 1. The maximum atomic E-state index is 14.8. The molecular formula is C36H49N7O4S. The van der Waals surface area contributed by atoms with Crippen molar-refractivity contribution in [1.82, 2.24) is 30.8 Å². The maximum absolute atomic E-state index is 14.8. The highest BCUT2D eigenvalue weighted by molar-refractivity contribution is 7.91. The van der Waals surface area contributed by atoms with Crippen LogP contribution in [0.5, 0.6) is 0 Å². The van der Waals surface area contributed by atoms with Crippen molar-refractivity contribution in [2.45, 2.75) is 110 Å². The summed E-state index contributed by atoms with van der Waals surface area (Å²) in [5, 5.41) is 16.5. The first-order chi connectivity index (χ1) is 22.5. The average Bonchev–Trinajstić information content (AvgIpc) is 3.66. The van der Waals surface area contributed by atoms with E-state index < -0.39 is 15.5 Å². The van der Waals surface area contributed by atoms with E-state index in [4.69, 9.17) is 4.99 Å². The van der Waals surface area contributed by atoms with Crippen LogP contribution >= 0.6 is 0 Å². The van der Waals surface area contributed by atoms with Crippen LogP contribution < -0.4 is 5.32 Å². The van der Waals surface area contributed by atoms with E-state index in [-0.39, 0.29) is 45.9 Å². The Morgan fingerprint density at radius 3 is 2.33 bits per heavy atom. The third-order valence-corrected chi connectivity index (χ3v) is 11.6. The molecule has 2 aliphatic rings. The van der Waals surface area contributed by atoms with Crippen LogP contribution in [-0.2, 0) is 21.2 Å². The van der Waals surface area contributed by atoms with Crippen LogP contribution in [-0.4, -0.2) is 62.9 Å². The lowest BCUT2D eigenvalue weighted by atomic mass is 9.69. The molecule has 2 amide bonds. The number of carbonyl (C=O) groups excluding carboxylic acids is 2. The van der Waals surface area contributed by atoms with Crippen molar-refractivity contribution >= 4 is 27.4 Å². The lowest BCUT2D eigenvalue weighted by molar-refractivity contribution is -0.134. The Morgan fingerprint density at radius 1 is 1.06 bits per heavy atom. The van der Waals surface area contributed by atoms with Gasteiger partial charge in [-0.2, -0.15) is 5.21 Å². The van der Waals surface area contributed by atoms with Gasteiger partial charge in [-0.25, -0.2) is 8.42 Å². The summed E-state index contributed by atoms with van der Waals surface area (Å²) >= 11 is 0. The third-order valence-electron chi connectivity index (χ3n) is 9.88. The normalized spacial score (nSPS) is 21.0. The van der Waals surface area contributed by atoms with Gasteiger partial charge in [0.1, 0.15) is 11.4 Å². The molecule has 5 rings (SSSR count). The predicted molar refractivity (Wildman–Crippen MR) is 185 cm³/mol. The van der Waals surface area contributed by atoms with Gasteiger partial charge >= 0.3 is 0 Å². The molecular weight excluding hydrogens is 627 g/mol. The Balaban J connectivity index is 1.53. The number of hydrogen-bond acceptors (Lipinski definition) is 8. The topological polar surface area (TPSA) is 150 Å². The zero-order valence-electron chi connectivity index (χ0n) is 29.2. The molecule has 0 radical (unpaired) electrons. The Bertz CT molecular complexity index is 1750. The minimum atomic E-state index is -3.47.